The first-order chi connectivity index (χ1) is 17.0. The number of benzene rings is 2. The van der Waals surface area contributed by atoms with Crippen molar-refractivity contribution in [3.8, 4) is 11.4 Å². The molecule has 2 atom stereocenters. The predicted octanol–water partition coefficient (Wildman–Crippen LogP) is 5.98. The van der Waals surface area contributed by atoms with Crippen molar-refractivity contribution in [3.63, 3.8) is 0 Å². The molecular formula is C29H30N4OS. The normalized spacial score (nSPS) is 17.5. The van der Waals surface area contributed by atoms with Crippen molar-refractivity contribution in [2.24, 2.45) is 0 Å². The van der Waals surface area contributed by atoms with Crippen LogP contribution in [0, 0.1) is 20.8 Å². The zero-order valence-electron chi connectivity index (χ0n) is 20.5. The highest BCUT2D eigenvalue weighted by molar-refractivity contribution is 7.80. The van der Waals surface area contributed by atoms with Gasteiger partial charge in [0.15, 0.2) is 5.11 Å². The van der Waals surface area contributed by atoms with Crippen LogP contribution in [0.25, 0.3) is 5.69 Å². The molecule has 2 aromatic heterocycles. The fourth-order valence-electron chi connectivity index (χ4n) is 5.22. The van der Waals surface area contributed by atoms with Gasteiger partial charge in [-0.05, 0) is 80.5 Å². The number of pyridine rings is 1. The summed E-state index contributed by atoms with van der Waals surface area (Å²) >= 11 is 5.92. The molecule has 1 fully saturated rings. The second-order valence-corrected chi connectivity index (χ2v) is 9.37. The van der Waals surface area contributed by atoms with Crippen molar-refractivity contribution in [2.45, 2.75) is 39.4 Å². The van der Waals surface area contributed by atoms with Gasteiger partial charge in [-0.3, -0.25) is 4.98 Å². The summed E-state index contributed by atoms with van der Waals surface area (Å²) in [5.41, 5.74) is 8.37. The van der Waals surface area contributed by atoms with Crippen LogP contribution in [0.1, 0.15) is 45.9 Å². The number of rotatable bonds is 6. The van der Waals surface area contributed by atoms with E-state index in [0.717, 1.165) is 16.6 Å². The molecule has 0 spiro atoms. The molecular weight excluding hydrogens is 452 g/mol. The van der Waals surface area contributed by atoms with Crippen LogP contribution in [0.15, 0.2) is 79.0 Å². The van der Waals surface area contributed by atoms with Crippen LogP contribution in [0.4, 0.5) is 0 Å². The van der Waals surface area contributed by atoms with Gasteiger partial charge in [0.05, 0.1) is 24.9 Å². The first-order valence-electron chi connectivity index (χ1n) is 11.8. The van der Waals surface area contributed by atoms with Gasteiger partial charge in [0.25, 0.3) is 0 Å². The maximum absolute atomic E-state index is 5.92. The molecule has 0 radical (unpaired) electrons. The van der Waals surface area contributed by atoms with Crippen LogP contribution in [0.5, 0.6) is 5.75 Å². The molecule has 1 saturated heterocycles. The Bertz CT molecular complexity index is 1330. The first-order valence-corrected chi connectivity index (χ1v) is 12.2. The lowest BCUT2D eigenvalue weighted by Gasteiger charge is -2.29. The van der Waals surface area contributed by atoms with Crippen LogP contribution >= 0.6 is 12.2 Å². The predicted molar refractivity (Wildman–Crippen MR) is 144 cm³/mol. The Morgan fingerprint density at radius 2 is 1.63 bits per heavy atom. The molecule has 1 aliphatic rings. The number of thiocarbonyl (C=S) groups is 1. The molecule has 35 heavy (non-hydrogen) atoms. The highest BCUT2D eigenvalue weighted by atomic mass is 32.1. The monoisotopic (exact) mass is 482 g/mol. The fraction of sp³-hybridized carbons (Fsp3) is 0.241. The van der Waals surface area contributed by atoms with E-state index in [-0.39, 0.29) is 12.1 Å². The molecule has 5 nitrogen and oxygen atoms in total. The van der Waals surface area contributed by atoms with E-state index in [4.69, 9.17) is 21.9 Å². The van der Waals surface area contributed by atoms with Crippen molar-refractivity contribution < 1.29 is 4.74 Å². The molecule has 2 aromatic carbocycles. The quantitative estimate of drug-likeness (QED) is 0.343. The van der Waals surface area contributed by atoms with Crippen LogP contribution in [-0.4, -0.2) is 26.7 Å². The highest BCUT2D eigenvalue weighted by Gasteiger charge is 2.42. The summed E-state index contributed by atoms with van der Waals surface area (Å²) in [6, 6.07) is 24.8. The van der Waals surface area contributed by atoms with Crippen LogP contribution in [0.3, 0.4) is 0 Å². The van der Waals surface area contributed by atoms with Crippen molar-refractivity contribution in [3.05, 3.63) is 113 Å². The van der Waals surface area contributed by atoms with Gasteiger partial charge in [-0.25, -0.2) is 0 Å². The van der Waals surface area contributed by atoms with Crippen LogP contribution in [0.2, 0.25) is 0 Å². The Kier molecular flexibility index (Phi) is 6.31. The van der Waals surface area contributed by atoms with E-state index in [2.05, 4.69) is 84.1 Å². The first kappa shape index (κ1) is 23.1. The largest absolute Gasteiger partial charge is 0.497 e. The average Bonchev–Trinajstić information content (AvgIpc) is 3.32. The number of nitrogens with zero attached hydrogens (tertiary/aromatic N) is 3. The zero-order valence-corrected chi connectivity index (χ0v) is 21.3. The van der Waals surface area contributed by atoms with Gasteiger partial charge in [-0.2, -0.15) is 0 Å². The van der Waals surface area contributed by atoms with Gasteiger partial charge in [0, 0.05) is 35.4 Å². The highest BCUT2D eigenvalue weighted by Crippen LogP contribution is 2.44. The van der Waals surface area contributed by atoms with E-state index in [1.165, 1.54) is 33.8 Å². The second kappa shape index (κ2) is 9.55. The molecule has 5 rings (SSSR count). The number of aromatic nitrogens is 2. The number of hydrogen-bond acceptors (Lipinski definition) is 3. The van der Waals surface area contributed by atoms with E-state index < -0.39 is 0 Å². The maximum atomic E-state index is 5.92. The third-order valence-corrected chi connectivity index (χ3v) is 7.38. The summed E-state index contributed by atoms with van der Waals surface area (Å²) in [7, 11) is 1.69. The molecule has 0 saturated carbocycles. The van der Waals surface area contributed by atoms with Gasteiger partial charge in [0.2, 0.25) is 0 Å². The SMILES string of the molecule is COc1ccc(CN2C(=S)N[C@H](c3ccccn3)[C@H]2c2c(C)c(C)n(-c3ccccc3)c2C)cc1. The number of para-hydroxylation sites is 1. The van der Waals surface area contributed by atoms with Gasteiger partial charge in [0.1, 0.15) is 5.75 Å². The molecule has 4 aromatic rings. The van der Waals surface area contributed by atoms with E-state index in [1.807, 2.05) is 30.5 Å². The maximum Gasteiger partial charge on any atom is 0.170 e. The molecule has 1 N–H and O–H groups in total. The smallest absolute Gasteiger partial charge is 0.170 e. The van der Waals surface area contributed by atoms with Gasteiger partial charge >= 0.3 is 0 Å². The Labute approximate surface area is 212 Å². The second-order valence-electron chi connectivity index (χ2n) is 8.98. The summed E-state index contributed by atoms with van der Waals surface area (Å²) in [6.07, 6.45) is 1.85. The average molecular weight is 483 g/mol. The lowest BCUT2D eigenvalue weighted by molar-refractivity contribution is 0.309. The van der Waals surface area contributed by atoms with E-state index in [9.17, 15) is 0 Å². The van der Waals surface area contributed by atoms with Gasteiger partial charge in [-0.15, -0.1) is 0 Å². The van der Waals surface area contributed by atoms with E-state index in [1.54, 1.807) is 7.11 Å². The molecule has 0 amide bonds. The molecule has 0 aliphatic carbocycles. The topological polar surface area (TPSA) is 42.3 Å². The molecule has 6 heteroatoms. The Morgan fingerprint density at radius 1 is 0.914 bits per heavy atom. The lowest BCUT2D eigenvalue weighted by atomic mass is 9.93. The zero-order chi connectivity index (χ0) is 24.5. The minimum atomic E-state index is -0.0506. The molecule has 1 aliphatic heterocycles. The Morgan fingerprint density at radius 3 is 2.29 bits per heavy atom. The lowest BCUT2D eigenvalue weighted by Crippen LogP contribution is -2.29. The Balaban J connectivity index is 1.63. The Hall–Kier alpha value is -3.64. The fourth-order valence-corrected chi connectivity index (χ4v) is 5.53. The molecule has 178 valence electrons. The summed E-state index contributed by atoms with van der Waals surface area (Å²) in [5, 5.41) is 4.34. The summed E-state index contributed by atoms with van der Waals surface area (Å²) in [4.78, 5) is 7.02. The molecule has 3 heterocycles. The third kappa shape index (κ3) is 4.19. The number of methoxy groups -OCH3 is 1. The van der Waals surface area contributed by atoms with Crippen LogP contribution in [-0.2, 0) is 6.54 Å². The van der Waals surface area contributed by atoms with Crippen molar-refractivity contribution in [1.82, 2.24) is 19.8 Å². The number of nitrogens with one attached hydrogen (secondary N) is 1. The minimum Gasteiger partial charge on any atom is -0.497 e. The summed E-state index contributed by atoms with van der Waals surface area (Å²) < 4.78 is 7.71. The van der Waals surface area contributed by atoms with E-state index in [0.29, 0.717) is 6.54 Å². The summed E-state index contributed by atoms with van der Waals surface area (Å²) in [5.74, 6) is 0.848. The minimum absolute atomic E-state index is 0.00293. The van der Waals surface area contributed by atoms with Crippen molar-refractivity contribution in [1.29, 1.82) is 0 Å². The summed E-state index contributed by atoms with van der Waals surface area (Å²) in [6.45, 7) is 7.33. The number of ether oxygens (including phenoxy) is 1. The van der Waals surface area contributed by atoms with Crippen LogP contribution < -0.4 is 10.1 Å². The van der Waals surface area contributed by atoms with Gasteiger partial charge < -0.3 is 19.5 Å². The van der Waals surface area contributed by atoms with E-state index >= 15 is 0 Å². The van der Waals surface area contributed by atoms with Crippen molar-refractivity contribution in [2.75, 3.05) is 7.11 Å². The standard InChI is InChI=1S/C29H30N4OS/c1-19-20(2)33(23-10-6-5-7-11-23)21(3)26(19)28-27(25-12-8-9-17-30-25)31-29(35)32(28)18-22-13-15-24(34-4)16-14-22/h5-17,27-28H,18H2,1-4H3,(H,31,35)/t27-,28-/m1/s1. The third-order valence-electron chi connectivity index (χ3n) is 7.03. The number of hydrogen-bond donors (Lipinski definition) is 1. The van der Waals surface area contributed by atoms with Crippen molar-refractivity contribution >= 4 is 17.3 Å². The molecule has 0 bridgehead atoms. The van der Waals surface area contributed by atoms with Gasteiger partial charge in [-0.1, -0.05) is 36.4 Å². The molecule has 0 unspecified atom stereocenters.